The Bertz CT molecular complexity index is 1200. The second-order valence-electron chi connectivity index (χ2n) is 11.1. The van der Waals surface area contributed by atoms with E-state index < -0.39 is 30.7 Å². The molecule has 3 N–H and O–H groups in total. The first-order chi connectivity index (χ1) is 20.6. The molecule has 1 saturated heterocycles. The predicted octanol–water partition coefficient (Wildman–Crippen LogP) is 5.63. The Morgan fingerprint density at radius 3 is 2.51 bits per heavy atom. The number of morpholine rings is 1. The normalized spacial score (nSPS) is 20.3. The molecule has 2 fully saturated rings. The van der Waals surface area contributed by atoms with Crippen molar-refractivity contribution >= 4 is 17.7 Å². The molecule has 1 saturated carbocycles. The molecule has 236 valence electrons. The number of rotatable bonds is 11. The maximum Gasteiger partial charge on any atom is 0.407 e. The number of hydrogen-bond acceptors (Lipinski definition) is 6. The molecule has 0 unspecified atom stereocenters. The highest BCUT2D eigenvalue weighted by Crippen LogP contribution is 2.38. The molecule has 0 bridgehead atoms. The number of benzene rings is 1. The molecule has 2 amide bonds. The van der Waals surface area contributed by atoms with Crippen molar-refractivity contribution in [1.82, 2.24) is 15.6 Å². The van der Waals surface area contributed by atoms with Crippen molar-refractivity contribution in [2.24, 2.45) is 5.92 Å². The van der Waals surface area contributed by atoms with Crippen molar-refractivity contribution in [1.29, 1.82) is 0 Å². The van der Waals surface area contributed by atoms with Crippen molar-refractivity contribution in [2.45, 2.75) is 75.6 Å². The van der Waals surface area contributed by atoms with Gasteiger partial charge in [-0.25, -0.2) is 13.6 Å². The predicted molar refractivity (Wildman–Crippen MR) is 148 cm³/mol. The number of alkyl carbamates (subject to hydrolysis) is 1. The fourth-order valence-corrected chi connectivity index (χ4v) is 5.69. The Morgan fingerprint density at radius 2 is 1.84 bits per heavy atom. The van der Waals surface area contributed by atoms with Crippen LogP contribution in [0.1, 0.15) is 62.0 Å². The summed E-state index contributed by atoms with van der Waals surface area (Å²) >= 11 is 0. The van der Waals surface area contributed by atoms with Crippen molar-refractivity contribution in [3.8, 4) is 0 Å². The van der Waals surface area contributed by atoms with Crippen LogP contribution in [0.4, 0.5) is 32.4 Å². The number of halogens is 5. The first-order valence-electron chi connectivity index (χ1n) is 14.6. The molecule has 3 atom stereocenters. The largest absolute Gasteiger partial charge is 0.448 e. The van der Waals surface area contributed by atoms with Crippen molar-refractivity contribution < 1.29 is 41.0 Å². The second kappa shape index (κ2) is 15.4. The Labute approximate surface area is 247 Å². The van der Waals surface area contributed by atoms with Crippen LogP contribution in [0.15, 0.2) is 36.7 Å². The van der Waals surface area contributed by atoms with Gasteiger partial charge in [0.25, 0.3) is 0 Å². The summed E-state index contributed by atoms with van der Waals surface area (Å²) in [5.74, 6) is -0.944. The molecule has 8 nitrogen and oxygen atoms in total. The van der Waals surface area contributed by atoms with Gasteiger partial charge >= 0.3 is 12.3 Å². The highest BCUT2D eigenvalue weighted by atomic mass is 19.4. The van der Waals surface area contributed by atoms with Crippen LogP contribution in [-0.2, 0) is 20.7 Å². The Morgan fingerprint density at radius 1 is 1.09 bits per heavy atom. The third kappa shape index (κ3) is 10.4. The number of ether oxygens (including phenoxy) is 2. The van der Waals surface area contributed by atoms with Gasteiger partial charge in [-0.15, -0.1) is 0 Å². The molecule has 4 rings (SSSR count). The lowest BCUT2D eigenvalue weighted by Gasteiger charge is -2.31. The number of aromatic nitrogens is 1. The molecule has 43 heavy (non-hydrogen) atoms. The fourth-order valence-electron chi connectivity index (χ4n) is 5.69. The third-order valence-corrected chi connectivity index (χ3v) is 7.93. The van der Waals surface area contributed by atoms with Gasteiger partial charge in [0.15, 0.2) is 0 Å². The summed E-state index contributed by atoms with van der Waals surface area (Å²) in [6.45, 7) is -1.16. The van der Waals surface area contributed by atoms with Gasteiger partial charge in [-0.05, 0) is 55.2 Å². The lowest BCUT2D eigenvalue weighted by Crippen LogP contribution is -2.49. The molecule has 0 radical (unpaired) electrons. The van der Waals surface area contributed by atoms with E-state index in [0.717, 1.165) is 43.9 Å². The molecule has 1 aliphatic heterocycles. The molecule has 1 aromatic heterocycles. The minimum Gasteiger partial charge on any atom is -0.448 e. The van der Waals surface area contributed by atoms with Gasteiger partial charge in [-0.1, -0.05) is 31.4 Å². The number of carbonyl (C=O) groups is 2. The summed E-state index contributed by atoms with van der Waals surface area (Å²) in [6.07, 6.45) is 2.67. The second-order valence-corrected chi connectivity index (χ2v) is 11.1. The molecular weight excluding hydrogens is 575 g/mol. The lowest BCUT2D eigenvalue weighted by molar-refractivity contribution is -0.124. The standard InChI is InChI=1S/C30H37F5N4O4/c31-21-8-6-20(7-9-21)25(19-4-2-1-3-5-19)12-28(40)39-27-15-36-14-26(32)24(27)11-10-23-13-37-22(16-42-23)17-43-29(41)38-18-30(33,34)35/h6-9,14-15,19,22-23,25,37H,1-5,10-13,16-18H2,(H,38,41)(H,39,40)/t22-,23+,25+/m0/s1. The molecule has 13 heteroatoms. The molecule has 2 aliphatic rings. The molecular formula is C30H37F5N4O4. The van der Waals surface area contributed by atoms with E-state index in [-0.39, 0.29) is 55.5 Å². The average molecular weight is 613 g/mol. The SMILES string of the molecule is O=C(C[C@@H](c1ccc(F)cc1)C1CCCCC1)Nc1cncc(F)c1CC[C@@H]1CN[C@H](COC(=O)NCC(F)(F)F)CO1. The summed E-state index contributed by atoms with van der Waals surface area (Å²) in [5.41, 5.74) is 1.50. The quantitative estimate of drug-likeness (QED) is 0.285. The van der Waals surface area contributed by atoms with E-state index in [2.05, 4.69) is 15.6 Å². The number of nitrogens with zero attached hydrogens (tertiary/aromatic N) is 1. The lowest BCUT2D eigenvalue weighted by atomic mass is 9.75. The Balaban J connectivity index is 1.28. The van der Waals surface area contributed by atoms with Gasteiger partial charge in [-0.3, -0.25) is 9.78 Å². The van der Waals surface area contributed by atoms with Crippen molar-refractivity contribution in [3.05, 3.63) is 59.4 Å². The van der Waals surface area contributed by atoms with Crippen LogP contribution < -0.4 is 16.0 Å². The van der Waals surface area contributed by atoms with Crippen LogP contribution in [0, 0.1) is 17.6 Å². The number of pyridine rings is 1. The van der Waals surface area contributed by atoms with Crippen molar-refractivity contribution in [3.63, 3.8) is 0 Å². The highest BCUT2D eigenvalue weighted by molar-refractivity contribution is 5.92. The number of amides is 2. The van der Waals surface area contributed by atoms with Crippen LogP contribution in [0.3, 0.4) is 0 Å². The third-order valence-electron chi connectivity index (χ3n) is 7.93. The summed E-state index contributed by atoms with van der Waals surface area (Å²) in [6, 6.07) is 5.87. The first-order valence-corrected chi connectivity index (χ1v) is 14.6. The van der Waals surface area contributed by atoms with E-state index in [1.807, 2.05) is 0 Å². The number of nitrogens with one attached hydrogen (secondary N) is 3. The Kier molecular flexibility index (Phi) is 11.7. The number of hydrogen-bond donors (Lipinski definition) is 3. The zero-order valence-corrected chi connectivity index (χ0v) is 23.7. The first kappa shape index (κ1) is 32.6. The minimum absolute atomic E-state index is 0.0831. The van der Waals surface area contributed by atoms with Gasteiger partial charge in [0, 0.05) is 18.5 Å². The highest BCUT2D eigenvalue weighted by Gasteiger charge is 2.30. The van der Waals surface area contributed by atoms with E-state index in [9.17, 15) is 31.5 Å². The zero-order chi connectivity index (χ0) is 30.8. The van der Waals surface area contributed by atoms with E-state index >= 15 is 0 Å². The molecule has 1 aromatic carbocycles. The monoisotopic (exact) mass is 612 g/mol. The maximum absolute atomic E-state index is 14.9. The van der Waals surface area contributed by atoms with E-state index in [0.29, 0.717) is 24.4 Å². The maximum atomic E-state index is 14.9. The smallest absolute Gasteiger partial charge is 0.407 e. The molecule has 1 aliphatic carbocycles. The fraction of sp³-hybridized carbons (Fsp3) is 0.567. The van der Waals surface area contributed by atoms with E-state index in [1.54, 1.807) is 17.4 Å². The summed E-state index contributed by atoms with van der Waals surface area (Å²) in [4.78, 5) is 28.6. The summed E-state index contributed by atoms with van der Waals surface area (Å²) < 4.78 is 75.6. The van der Waals surface area contributed by atoms with Crippen LogP contribution in [0.2, 0.25) is 0 Å². The van der Waals surface area contributed by atoms with E-state index in [1.165, 1.54) is 18.3 Å². The van der Waals surface area contributed by atoms with Gasteiger partial charge in [0.05, 0.1) is 36.8 Å². The molecule has 2 aromatic rings. The van der Waals surface area contributed by atoms with Crippen LogP contribution in [0.5, 0.6) is 0 Å². The summed E-state index contributed by atoms with van der Waals surface area (Å²) in [7, 11) is 0. The number of anilines is 1. The zero-order valence-electron chi connectivity index (χ0n) is 23.7. The van der Waals surface area contributed by atoms with Crippen molar-refractivity contribution in [2.75, 3.05) is 31.6 Å². The van der Waals surface area contributed by atoms with Gasteiger partial charge < -0.3 is 25.4 Å². The average Bonchev–Trinajstić information content (AvgIpc) is 2.99. The number of carbonyl (C=O) groups excluding carboxylic acids is 2. The van der Waals surface area contributed by atoms with Gasteiger partial charge in [-0.2, -0.15) is 13.2 Å². The minimum atomic E-state index is -4.53. The topological polar surface area (TPSA) is 102 Å². The molecule has 0 spiro atoms. The van der Waals surface area contributed by atoms with Crippen LogP contribution in [0.25, 0.3) is 0 Å². The van der Waals surface area contributed by atoms with Crippen LogP contribution >= 0.6 is 0 Å². The summed E-state index contributed by atoms with van der Waals surface area (Å²) in [5, 5.41) is 7.59. The number of alkyl halides is 3. The van der Waals surface area contributed by atoms with Gasteiger partial charge in [0.1, 0.15) is 24.8 Å². The van der Waals surface area contributed by atoms with E-state index in [4.69, 9.17) is 9.47 Å². The van der Waals surface area contributed by atoms with Gasteiger partial charge in [0.2, 0.25) is 5.91 Å². The molecule has 2 heterocycles. The Hall–Kier alpha value is -3.32. The van der Waals surface area contributed by atoms with Crippen LogP contribution in [-0.4, -0.2) is 61.6 Å².